The molecule has 1 aliphatic rings. The van der Waals surface area contributed by atoms with E-state index < -0.39 is 19.6 Å². The van der Waals surface area contributed by atoms with Crippen LogP contribution >= 0.6 is 0 Å². The van der Waals surface area contributed by atoms with E-state index in [0.29, 0.717) is 0 Å². The number of carbonyl (C=O) groups excluding carboxylic acids is 1. The van der Waals surface area contributed by atoms with Gasteiger partial charge in [-0.05, 0) is 25.7 Å². The normalized spacial score (nSPS) is 18.6. The van der Waals surface area contributed by atoms with Crippen LogP contribution in [0.2, 0.25) is 19.6 Å². The first kappa shape index (κ1) is 16.7. The van der Waals surface area contributed by atoms with Gasteiger partial charge in [-0.15, -0.1) is 5.54 Å². The Kier molecular flexibility index (Phi) is 6.19. The Morgan fingerprint density at radius 2 is 1.75 bits per heavy atom. The van der Waals surface area contributed by atoms with E-state index in [0.717, 1.165) is 44.7 Å². The zero-order chi connectivity index (χ0) is 15.1. The molecule has 0 aromatic carbocycles. The molecule has 4 nitrogen and oxygen atoms in total. The summed E-state index contributed by atoms with van der Waals surface area (Å²) in [5.41, 5.74) is 11.1. The van der Waals surface area contributed by atoms with Crippen molar-refractivity contribution in [1.29, 1.82) is 0 Å². The lowest BCUT2D eigenvalue weighted by Gasteiger charge is -2.29. The average molecular weight is 292 g/mol. The van der Waals surface area contributed by atoms with Gasteiger partial charge in [0.2, 0.25) is 0 Å². The first-order valence-electron chi connectivity index (χ1n) is 7.32. The highest BCUT2D eigenvalue weighted by Gasteiger charge is 2.33. The van der Waals surface area contributed by atoms with Gasteiger partial charge in [0.25, 0.3) is 0 Å². The first-order valence-corrected chi connectivity index (χ1v) is 10.8. The van der Waals surface area contributed by atoms with Crippen LogP contribution < -0.4 is 0 Å². The first-order chi connectivity index (χ1) is 9.37. The van der Waals surface area contributed by atoms with Crippen LogP contribution in [0.3, 0.4) is 0 Å². The molecule has 20 heavy (non-hydrogen) atoms. The molecule has 1 rings (SSSR count). The maximum atomic E-state index is 11.7. The molecule has 1 saturated carbocycles. The van der Waals surface area contributed by atoms with Gasteiger partial charge in [0.15, 0.2) is 5.60 Å². The molecule has 0 amide bonds. The molecule has 0 atom stereocenters. The summed E-state index contributed by atoms with van der Waals surface area (Å²) in [6.07, 6.45) is 7.93. The highest BCUT2D eigenvalue weighted by atomic mass is 28.3. The number of nitrogens with zero attached hydrogens (tertiary/aromatic N) is 2. The molecule has 110 valence electrons. The van der Waals surface area contributed by atoms with E-state index in [2.05, 4.69) is 35.9 Å². The van der Waals surface area contributed by atoms with E-state index >= 15 is 0 Å². The molecule has 0 aliphatic heterocycles. The number of esters is 1. The lowest BCUT2D eigenvalue weighted by Crippen LogP contribution is -2.36. The van der Waals surface area contributed by atoms with Crippen molar-refractivity contribution in [3.8, 4) is 11.5 Å². The fraction of sp³-hybridized carbons (Fsp3) is 0.733. The Morgan fingerprint density at radius 3 is 2.25 bits per heavy atom. The van der Waals surface area contributed by atoms with Crippen LogP contribution in [0.5, 0.6) is 0 Å². The number of rotatable bonds is 2. The molecule has 0 bridgehead atoms. The third-order valence-electron chi connectivity index (χ3n) is 3.29. The van der Waals surface area contributed by atoms with Gasteiger partial charge < -0.3 is 10.3 Å². The number of hydrogen-bond acceptors (Lipinski definition) is 2. The molecule has 0 aromatic heterocycles. The molecular weight excluding hydrogens is 268 g/mol. The minimum atomic E-state index is -1.52. The predicted octanol–water partition coefficient (Wildman–Crippen LogP) is 3.19. The second-order valence-electron chi connectivity index (χ2n) is 6.43. The van der Waals surface area contributed by atoms with Gasteiger partial charge in [-0.1, -0.05) is 44.8 Å². The fourth-order valence-corrected chi connectivity index (χ4v) is 2.90. The molecule has 1 fully saturated rings. The second kappa shape index (κ2) is 7.42. The maximum absolute atomic E-state index is 11.7. The SMILES string of the molecule is C[Si](C)(C)C#CC1(OC(=O)C=[N+]=[N-])CCCCCCC1. The Labute approximate surface area is 122 Å². The largest absolute Gasteiger partial charge is 0.438 e. The number of carbonyl (C=O) groups is 1. The maximum Gasteiger partial charge on any atom is 0.415 e. The number of ether oxygens (including phenoxy) is 1. The summed E-state index contributed by atoms with van der Waals surface area (Å²) in [6, 6.07) is 0. The molecule has 0 unspecified atom stereocenters. The fourth-order valence-electron chi connectivity index (χ4n) is 2.30. The molecule has 1 aliphatic carbocycles. The van der Waals surface area contributed by atoms with Crippen molar-refractivity contribution in [3.05, 3.63) is 5.53 Å². The Balaban J connectivity index is 2.98. The van der Waals surface area contributed by atoms with Gasteiger partial charge in [0.05, 0.1) is 0 Å². The number of hydrogen-bond donors (Lipinski definition) is 0. The van der Waals surface area contributed by atoms with E-state index in [-0.39, 0.29) is 0 Å². The van der Waals surface area contributed by atoms with Crippen LogP contribution in [0.25, 0.3) is 5.53 Å². The topological polar surface area (TPSA) is 62.7 Å². The Bertz CT molecular complexity index is 443. The van der Waals surface area contributed by atoms with E-state index in [4.69, 9.17) is 10.3 Å². The van der Waals surface area contributed by atoms with Gasteiger partial charge in [-0.25, -0.2) is 4.79 Å². The third kappa shape index (κ3) is 6.18. The standard InChI is InChI=1S/C15H24N2O2Si/c1-20(2,3)12-11-15(19-14(18)13-17-16)9-7-5-4-6-8-10-15/h13H,4-10H2,1-3H3. The van der Waals surface area contributed by atoms with Crippen molar-refractivity contribution in [2.45, 2.75) is 70.2 Å². The monoisotopic (exact) mass is 292 g/mol. The van der Waals surface area contributed by atoms with Crippen LogP contribution in [-0.2, 0) is 9.53 Å². The third-order valence-corrected chi connectivity index (χ3v) is 4.16. The van der Waals surface area contributed by atoms with Crippen molar-refractivity contribution in [3.63, 3.8) is 0 Å². The quantitative estimate of drug-likeness (QED) is 0.196. The highest BCUT2D eigenvalue weighted by molar-refractivity contribution is 6.83. The van der Waals surface area contributed by atoms with E-state index in [9.17, 15) is 4.79 Å². The summed E-state index contributed by atoms with van der Waals surface area (Å²) in [4.78, 5) is 14.4. The van der Waals surface area contributed by atoms with Crippen LogP contribution in [0.15, 0.2) is 0 Å². The van der Waals surface area contributed by atoms with Gasteiger partial charge in [0.1, 0.15) is 8.07 Å². The van der Waals surface area contributed by atoms with E-state index in [1.165, 1.54) is 6.42 Å². The van der Waals surface area contributed by atoms with Crippen LogP contribution in [0.4, 0.5) is 0 Å². The van der Waals surface area contributed by atoms with Crippen molar-refractivity contribution >= 4 is 20.3 Å². The molecule has 5 heteroatoms. The molecule has 0 radical (unpaired) electrons. The minimum Gasteiger partial charge on any atom is -0.438 e. The van der Waals surface area contributed by atoms with Crippen molar-refractivity contribution in [1.82, 2.24) is 0 Å². The Morgan fingerprint density at radius 1 is 1.20 bits per heavy atom. The van der Waals surface area contributed by atoms with Gasteiger partial charge in [0, 0.05) is 0 Å². The molecule has 0 spiro atoms. The van der Waals surface area contributed by atoms with E-state index in [1.807, 2.05) is 0 Å². The molecule has 0 N–H and O–H groups in total. The highest BCUT2D eigenvalue weighted by Crippen LogP contribution is 2.29. The van der Waals surface area contributed by atoms with Gasteiger partial charge in [-0.2, -0.15) is 4.79 Å². The summed E-state index contributed by atoms with van der Waals surface area (Å²) in [7, 11) is -1.52. The van der Waals surface area contributed by atoms with Crippen LogP contribution in [-0.4, -0.2) is 30.6 Å². The molecule has 0 aromatic rings. The Hall–Kier alpha value is -1.37. The predicted molar refractivity (Wildman–Crippen MR) is 81.9 cm³/mol. The van der Waals surface area contributed by atoms with Crippen molar-refractivity contribution in [2.75, 3.05) is 0 Å². The second-order valence-corrected chi connectivity index (χ2v) is 11.2. The van der Waals surface area contributed by atoms with Crippen molar-refractivity contribution in [2.24, 2.45) is 0 Å². The average Bonchev–Trinajstić information content (AvgIpc) is 2.30. The zero-order valence-corrected chi connectivity index (χ0v) is 13.7. The summed E-state index contributed by atoms with van der Waals surface area (Å²) >= 11 is 0. The summed E-state index contributed by atoms with van der Waals surface area (Å²) in [6.45, 7) is 6.52. The molecule has 0 saturated heterocycles. The smallest absolute Gasteiger partial charge is 0.415 e. The molecule has 0 heterocycles. The van der Waals surface area contributed by atoms with Crippen LogP contribution in [0.1, 0.15) is 44.9 Å². The summed E-state index contributed by atoms with van der Waals surface area (Å²) < 4.78 is 5.55. The van der Waals surface area contributed by atoms with Gasteiger partial charge >= 0.3 is 12.2 Å². The lowest BCUT2D eigenvalue weighted by atomic mass is 9.87. The summed E-state index contributed by atoms with van der Waals surface area (Å²) in [5, 5.41) is 0. The lowest BCUT2D eigenvalue weighted by molar-refractivity contribution is -0.150. The zero-order valence-electron chi connectivity index (χ0n) is 12.7. The van der Waals surface area contributed by atoms with Crippen LogP contribution in [0, 0.1) is 11.5 Å². The minimum absolute atomic E-state index is 0.613. The van der Waals surface area contributed by atoms with E-state index in [1.54, 1.807) is 0 Å². The summed E-state index contributed by atoms with van der Waals surface area (Å²) in [5.74, 6) is 2.64. The molecular formula is C15H24N2O2Si. The van der Waals surface area contributed by atoms with Crippen molar-refractivity contribution < 1.29 is 14.3 Å². The van der Waals surface area contributed by atoms with Gasteiger partial charge in [-0.3, -0.25) is 0 Å².